The van der Waals surface area contributed by atoms with Gasteiger partial charge in [0.25, 0.3) is 17.4 Å². The van der Waals surface area contributed by atoms with E-state index in [-0.39, 0.29) is 36.1 Å². The smallest absolute Gasteiger partial charge is 0.274 e. The number of carbonyl (C=O) groups excluding carboxylic acids is 4. The fraction of sp³-hybridized carbons (Fsp3) is 0.225. The number of piperidine rings is 1. The maximum Gasteiger partial charge on any atom is 0.274 e. The number of aromatic amines is 1. The third kappa shape index (κ3) is 7.43. The Morgan fingerprint density at radius 1 is 0.930 bits per heavy atom. The molecule has 2 aliphatic rings. The molecule has 57 heavy (non-hydrogen) atoms. The molecule has 0 bridgehead atoms. The number of aryl methyl sites for hydroxylation is 1. The Labute approximate surface area is 329 Å². The number of pyridine rings is 1. The average Bonchev–Trinajstić information content (AvgIpc) is 3.95. The lowest BCUT2D eigenvalue weighted by Gasteiger charge is -2.27. The van der Waals surface area contributed by atoms with Crippen molar-refractivity contribution in [3.8, 4) is 28.4 Å². The number of nitrogens with one attached hydrogen (secondary N) is 4. The van der Waals surface area contributed by atoms with Gasteiger partial charge in [0, 0.05) is 72.1 Å². The van der Waals surface area contributed by atoms with Gasteiger partial charge >= 0.3 is 0 Å². The Hall–Kier alpha value is -6.88. The molecule has 4 N–H and O–H groups in total. The van der Waals surface area contributed by atoms with E-state index in [9.17, 15) is 24.0 Å². The SMILES string of the molecule is CCSNc1ccc(Oc2cccc(OCc3cn(CCNc4cccc5c4C(=O)N(C4CCC(=O)NC4=O)C5=O)nn3)c2)c(-c2cn(C)c(=O)c3[nH]ccc23)c1. The second kappa shape index (κ2) is 15.7. The van der Waals surface area contributed by atoms with Gasteiger partial charge in [0.2, 0.25) is 11.8 Å². The van der Waals surface area contributed by atoms with E-state index in [4.69, 9.17) is 9.47 Å². The van der Waals surface area contributed by atoms with Crippen molar-refractivity contribution in [3.05, 3.63) is 112 Å². The number of aromatic nitrogens is 5. The minimum Gasteiger partial charge on any atom is -0.487 e. The number of anilines is 2. The number of hydrogen-bond acceptors (Lipinski definition) is 12. The summed E-state index contributed by atoms with van der Waals surface area (Å²) in [4.78, 5) is 67.5. The van der Waals surface area contributed by atoms with Crippen molar-refractivity contribution in [3.63, 3.8) is 0 Å². The van der Waals surface area contributed by atoms with Crippen LogP contribution in [0.5, 0.6) is 17.2 Å². The number of carbonyl (C=O) groups is 4. The molecule has 1 unspecified atom stereocenters. The number of amides is 4. The number of nitrogens with zero attached hydrogens (tertiary/aromatic N) is 5. The van der Waals surface area contributed by atoms with Crippen molar-refractivity contribution >= 4 is 57.9 Å². The summed E-state index contributed by atoms with van der Waals surface area (Å²) in [5.41, 5.74) is 4.36. The normalized spacial score (nSPS) is 15.2. The van der Waals surface area contributed by atoms with Gasteiger partial charge in [0.1, 0.15) is 41.1 Å². The molecule has 3 aromatic heterocycles. The monoisotopic (exact) mass is 787 g/mol. The highest BCUT2D eigenvalue weighted by Gasteiger charge is 2.45. The topological polar surface area (TPSA) is 195 Å². The summed E-state index contributed by atoms with van der Waals surface area (Å²) in [6, 6.07) is 18.9. The zero-order chi connectivity index (χ0) is 39.6. The summed E-state index contributed by atoms with van der Waals surface area (Å²) in [6.07, 6.45) is 5.46. The molecule has 0 saturated carbocycles. The summed E-state index contributed by atoms with van der Waals surface area (Å²) in [6.45, 7) is 2.94. The van der Waals surface area contributed by atoms with Gasteiger partial charge in [-0.15, -0.1) is 5.10 Å². The Kier molecular flexibility index (Phi) is 10.2. The molecule has 1 saturated heterocycles. The first-order chi connectivity index (χ1) is 27.7. The molecule has 290 valence electrons. The molecule has 4 amide bonds. The van der Waals surface area contributed by atoms with Crippen molar-refractivity contribution in [2.24, 2.45) is 7.05 Å². The third-order valence-corrected chi connectivity index (χ3v) is 10.3. The summed E-state index contributed by atoms with van der Waals surface area (Å²) < 4.78 is 19.1. The van der Waals surface area contributed by atoms with Gasteiger partial charge < -0.3 is 29.1 Å². The number of ether oxygens (including phenoxy) is 2. The van der Waals surface area contributed by atoms with Gasteiger partial charge in [0.05, 0.1) is 23.9 Å². The van der Waals surface area contributed by atoms with Gasteiger partial charge in [-0.2, -0.15) is 0 Å². The van der Waals surface area contributed by atoms with Crippen LogP contribution in [0.25, 0.3) is 22.0 Å². The van der Waals surface area contributed by atoms with Crippen LogP contribution in [-0.2, 0) is 29.8 Å². The molecule has 0 aliphatic carbocycles. The number of imide groups is 2. The molecule has 0 radical (unpaired) electrons. The molecule has 6 aromatic rings. The molecule has 0 spiro atoms. The first-order valence-corrected chi connectivity index (χ1v) is 19.2. The lowest BCUT2D eigenvalue weighted by Crippen LogP contribution is -2.54. The zero-order valence-electron chi connectivity index (χ0n) is 30.9. The van der Waals surface area contributed by atoms with Gasteiger partial charge in [-0.25, -0.2) is 0 Å². The standard InChI is InChI=1S/C40H37N9O7S/c1-3-57-45-23-10-12-33(29(18-23)30-21-47(2)40(54)36-27(30)14-15-42-36)56-26-7-4-6-25(19-26)55-22-24-20-48(46-44-24)17-16-41-31-9-5-8-28-35(31)39(53)49(38(28)52)32-11-13-34(50)43-37(32)51/h4-10,12,14-15,18-21,32,41-42,45H,3,11,13,16-17,22H2,1-2H3,(H,43,50,51). The minimum absolute atomic E-state index is 0.0476. The first-order valence-electron chi connectivity index (χ1n) is 18.3. The number of H-pyrrole nitrogens is 1. The van der Waals surface area contributed by atoms with E-state index in [1.807, 2.05) is 48.7 Å². The van der Waals surface area contributed by atoms with Gasteiger partial charge in [0.15, 0.2) is 0 Å². The average molecular weight is 788 g/mol. The van der Waals surface area contributed by atoms with Crippen LogP contribution < -0.4 is 30.4 Å². The maximum atomic E-state index is 13.4. The Bertz CT molecular complexity index is 2620. The van der Waals surface area contributed by atoms with Crippen LogP contribution in [0.3, 0.4) is 0 Å². The fourth-order valence-corrected chi connectivity index (χ4v) is 7.36. The van der Waals surface area contributed by atoms with Crippen molar-refractivity contribution in [2.75, 3.05) is 22.3 Å². The van der Waals surface area contributed by atoms with Crippen LogP contribution in [0.1, 0.15) is 46.2 Å². The molecular weight excluding hydrogens is 751 g/mol. The number of benzene rings is 3. The summed E-state index contributed by atoms with van der Waals surface area (Å²) in [5.74, 6) is 0.356. The van der Waals surface area contributed by atoms with Crippen molar-refractivity contribution in [2.45, 2.75) is 39.0 Å². The van der Waals surface area contributed by atoms with E-state index < -0.39 is 29.7 Å². The number of hydrogen-bond donors (Lipinski definition) is 4. The van der Waals surface area contributed by atoms with E-state index in [1.54, 1.807) is 64.9 Å². The lowest BCUT2D eigenvalue weighted by atomic mass is 10.0. The molecule has 17 heteroatoms. The Morgan fingerprint density at radius 3 is 2.61 bits per heavy atom. The van der Waals surface area contributed by atoms with Gasteiger partial charge in [-0.05, 0) is 55.0 Å². The Morgan fingerprint density at radius 2 is 1.77 bits per heavy atom. The number of fused-ring (bicyclic) bond motifs is 2. The summed E-state index contributed by atoms with van der Waals surface area (Å²) in [7, 11) is 1.72. The van der Waals surface area contributed by atoms with Gasteiger partial charge in [-0.3, -0.25) is 38.9 Å². The number of rotatable bonds is 14. The predicted octanol–water partition coefficient (Wildman–Crippen LogP) is 5.09. The van der Waals surface area contributed by atoms with Crippen LogP contribution >= 0.6 is 11.9 Å². The highest BCUT2D eigenvalue weighted by molar-refractivity contribution is 8.00. The zero-order valence-corrected chi connectivity index (χ0v) is 31.7. The minimum atomic E-state index is -1.04. The largest absolute Gasteiger partial charge is 0.487 e. The predicted molar refractivity (Wildman–Crippen MR) is 213 cm³/mol. The van der Waals surface area contributed by atoms with E-state index in [0.717, 1.165) is 32.9 Å². The van der Waals surface area contributed by atoms with Crippen molar-refractivity contribution < 1.29 is 28.7 Å². The van der Waals surface area contributed by atoms with Crippen LogP contribution in [-0.4, -0.2) is 71.4 Å². The summed E-state index contributed by atoms with van der Waals surface area (Å²) >= 11 is 1.58. The second-order valence-corrected chi connectivity index (χ2v) is 14.5. The third-order valence-electron chi connectivity index (χ3n) is 9.63. The molecule has 8 rings (SSSR count). The van der Waals surface area contributed by atoms with Crippen LogP contribution in [0, 0.1) is 0 Å². The lowest BCUT2D eigenvalue weighted by molar-refractivity contribution is -0.136. The van der Waals surface area contributed by atoms with Crippen LogP contribution in [0.4, 0.5) is 11.4 Å². The van der Waals surface area contributed by atoms with Crippen LogP contribution in [0.15, 0.2) is 90.1 Å². The van der Waals surface area contributed by atoms with E-state index >= 15 is 0 Å². The highest BCUT2D eigenvalue weighted by Crippen LogP contribution is 2.39. The maximum absolute atomic E-state index is 13.4. The van der Waals surface area contributed by atoms with Crippen molar-refractivity contribution in [1.82, 2.24) is 34.8 Å². The highest BCUT2D eigenvalue weighted by atomic mass is 32.2. The molecule has 3 aromatic carbocycles. The molecular formula is C40H37N9O7S. The van der Waals surface area contributed by atoms with Crippen molar-refractivity contribution in [1.29, 1.82) is 0 Å². The molecule has 5 heterocycles. The summed E-state index contributed by atoms with van der Waals surface area (Å²) in [5, 5.41) is 14.7. The second-order valence-electron chi connectivity index (χ2n) is 13.4. The van der Waals surface area contributed by atoms with E-state index in [0.29, 0.717) is 47.2 Å². The first kappa shape index (κ1) is 37.1. The van der Waals surface area contributed by atoms with E-state index in [1.165, 1.54) is 0 Å². The van der Waals surface area contributed by atoms with E-state index in [2.05, 4.69) is 37.6 Å². The quantitative estimate of drug-likeness (QED) is 0.0845. The van der Waals surface area contributed by atoms with Gasteiger partial charge in [-0.1, -0.05) is 36.2 Å². The molecule has 2 aliphatic heterocycles. The fourth-order valence-electron chi connectivity index (χ4n) is 6.93. The Balaban J connectivity index is 0.909. The molecule has 1 fully saturated rings. The molecule has 1 atom stereocenters. The van der Waals surface area contributed by atoms with Crippen LogP contribution in [0.2, 0.25) is 0 Å². The molecule has 16 nitrogen and oxygen atoms in total.